The molecule has 8 heteroatoms. The zero-order valence-corrected chi connectivity index (χ0v) is 20.5. The number of furan rings is 2. The molecule has 0 spiro atoms. The van der Waals surface area contributed by atoms with Crippen molar-refractivity contribution in [3.8, 4) is 16.9 Å². The number of benzene rings is 2. The van der Waals surface area contributed by atoms with Crippen LogP contribution in [-0.4, -0.2) is 32.8 Å². The highest BCUT2D eigenvalue weighted by Gasteiger charge is 2.23. The lowest BCUT2D eigenvalue weighted by atomic mass is 10.1. The molecular weight excluding hydrogens is 468 g/mol. The summed E-state index contributed by atoms with van der Waals surface area (Å²) in [4.78, 5) is 32.4. The fourth-order valence-electron chi connectivity index (χ4n) is 3.92. The number of amides is 2. The van der Waals surface area contributed by atoms with E-state index >= 15 is 0 Å². The van der Waals surface area contributed by atoms with Crippen molar-refractivity contribution >= 4 is 17.8 Å². The Bertz CT molecular complexity index is 1480. The number of imidazole rings is 1. The van der Waals surface area contributed by atoms with Gasteiger partial charge < -0.3 is 13.7 Å². The largest absolute Gasteiger partial charge is 0.467 e. The van der Waals surface area contributed by atoms with E-state index in [9.17, 15) is 9.59 Å². The maximum Gasteiger partial charge on any atom is 0.290 e. The quantitative estimate of drug-likeness (QED) is 0.302. The summed E-state index contributed by atoms with van der Waals surface area (Å²) in [7, 11) is 0. The fourth-order valence-corrected chi connectivity index (χ4v) is 3.92. The number of carbonyl (C=O) groups is 2. The molecule has 3 heterocycles. The molecule has 0 aliphatic rings. The molecule has 186 valence electrons. The summed E-state index contributed by atoms with van der Waals surface area (Å²) < 4.78 is 12.5. The van der Waals surface area contributed by atoms with Crippen LogP contribution < -0.4 is 5.32 Å². The SMILES string of the molecule is Cc1ccc(-c2cn(-c3ccc(C)cc3)c(NC(=O)CN(Cc3ccco3)C(=O)c3ccco3)n2)cc1. The molecule has 0 unspecified atom stereocenters. The molecule has 0 radical (unpaired) electrons. The van der Waals surface area contributed by atoms with Crippen molar-refractivity contribution in [2.45, 2.75) is 20.4 Å². The van der Waals surface area contributed by atoms with Crippen LogP contribution in [0.2, 0.25) is 0 Å². The molecule has 2 amide bonds. The minimum atomic E-state index is -0.418. The zero-order valence-electron chi connectivity index (χ0n) is 20.5. The molecule has 0 saturated heterocycles. The Balaban J connectivity index is 1.43. The summed E-state index contributed by atoms with van der Waals surface area (Å²) in [5, 5.41) is 2.89. The Morgan fingerprint density at radius 3 is 2.22 bits per heavy atom. The van der Waals surface area contributed by atoms with Gasteiger partial charge in [-0.2, -0.15) is 0 Å². The summed E-state index contributed by atoms with van der Waals surface area (Å²) in [6.45, 7) is 3.93. The van der Waals surface area contributed by atoms with Gasteiger partial charge in [-0.1, -0.05) is 47.5 Å². The van der Waals surface area contributed by atoms with Gasteiger partial charge in [0.15, 0.2) is 5.76 Å². The van der Waals surface area contributed by atoms with Crippen LogP contribution in [0, 0.1) is 13.8 Å². The molecule has 8 nitrogen and oxygen atoms in total. The Hall–Kier alpha value is -4.85. The topological polar surface area (TPSA) is 93.5 Å². The lowest BCUT2D eigenvalue weighted by Gasteiger charge is -2.20. The highest BCUT2D eigenvalue weighted by molar-refractivity contribution is 5.97. The Kier molecular flexibility index (Phi) is 6.72. The molecule has 0 aliphatic carbocycles. The van der Waals surface area contributed by atoms with Gasteiger partial charge in [-0.15, -0.1) is 0 Å². The fraction of sp³-hybridized carbons (Fsp3) is 0.138. The normalized spacial score (nSPS) is 10.9. The second-order valence-electron chi connectivity index (χ2n) is 8.79. The predicted octanol–water partition coefficient (Wildman–Crippen LogP) is 5.62. The van der Waals surface area contributed by atoms with E-state index < -0.39 is 11.8 Å². The van der Waals surface area contributed by atoms with Crippen molar-refractivity contribution in [1.82, 2.24) is 14.5 Å². The van der Waals surface area contributed by atoms with Gasteiger partial charge >= 0.3 is 0 Å². The first-order valence-electron chi connectivity index (χ1n) is 11.8. The highest BCUT2D eigenvalue weighted by atomic mass is 16.3. The molecule has 1 N–H and O–H groups in total. The van der Waals surface area contributed by atoms with E-state index in [0.29, 0.717) is 11.7 Å². The van der Waals surface area contributed by atoms with E-state index in [4.69, 9.17) is 13.8 Å². The molecule has 5 rings (SSSR count). The van der Waals surface area contributed by atoms with E-state index in [1.54, 1.807) is 24.3 Å². The zero-order chi connectivity index (χ0) is 25.8. The first-order chi connectivity index (χ1) is 18.0. The Morgan fingerprint density at radius 1 is 0.892 bits per heavy atom. The van der Waals surface area contributed by atoms with Crippen molar-refractivity contribution in [3.05, 3.63) is 114 Å². The van der Waals surface area contributed by atoms with Crippen molar-refractivity contribution in [1.29, 1.82) is 0 Å². The molecule has 3 aromatic heterocycles. The van der Waals surface area contributed by atoms with E-state index in [1.807, 2.05) is 73.1 Å². The first-order valence-corrected chi connectivity index (χ1v) is 11.8. The number of hydrogen-bond donors (Lipinski definition) is 1. The van der Waals surface area contributed by atoms with Crippen molar-refractivity contribution < 1.29 is 18.4 Å². The molecule has 0 atom stereocenters. The summed E-state index contributed by atoms with van der Waals surface area (Å²) >= 11 is 0. The standard InChI is InChI=1S/C29H26N4O4/c1-20-7-11-22(12-8-20)25-18-33(23-13-9-21(2)10-14-23)29(30-25)31-27(34)19-32(17-24-5-3-15-36-24)28(35)26-6-4-16-37-26/h3-16,18H,17,19H2,1-2H3,(H,30,31,34). The monoisotopic (exact) mass is 494 g/mol. The number of anilines is 1. The smallest absolute Gasteiger partial charge is 0.290 e. The molecule has 0 bridgehead atoms. The number of nitrogens with one attached hydrogen (secondary N) is 1. The number of nitrogens with zero attached hydrogens (tertiary/aromatic N) is 3. The Morgan fingerprint density at radius 2 is 1.57 bits per heavy atom. The lowest BCUT2D eigenvalue weighted by Crippen LogP contribution is -2.37. The van der Waals surface area contributed by atoms with Gasteiger partial charge in [-0.05, 0) is 50.2 Å². The minimum Gasteiger partial charge on any atom is -0.467 e. The van der Waals surface area contributed by atoms with Crippen LogP contribution in [0.25, 0.3) is 16.9 Å². The third-order valence-electron chi connectivity index (χ3n) is 5.90. The second-order valence-corrected chi connectivity index (χ2v) is 8.79. The van der Waals surface area contributed by atoms with Crippen molar-refractivity contribution in [2.24, 2.45) is 0 Å². The molecular formula is C29H26N4O4. The van der Waals surface area contributed by atoms with Crippen molar-refractivity contribution in [3.63, 3.8) is 0 Å². The molecule has 5 aromatic rings. The Labute approximate surface area is 214 Å². The third kappa shape index (κ3) is 5.54. The number of carbonyl (C=O) groups excluding carboxylic acids is 2. The summed E-state index contributed by atoms with van der Waals surface area (Å²) in [6, 6.07) is 22.6. The van der Waals surface area contributed by atoms with Crippen LogP contribution in [0.1, 0.15) is 27.4 Å². The number of rotatable bonds is 8. The van der Waals surface area contributed by atoms with E-state index in [0.717, 1.165) is 28.1 Å². The van der Waals surface area contributed by atoms with Gasteiger partial charge in [0.1, 0.15) is 12.3 Å². The van der Waals surface area contributed by atoms with Gasteiger partial charge in [-0.3, -0.25) is 19.5 Å². The molecule has 37 heavy (non-hydrogen) atoms. The molecule has 0 saturated carbocycles. The average Bonchev–Trinajstić information content (AvgIpc) is 3.67. The number of aromatic nitrogens is 2. The average molecular weight is 495 g/mol. The molecule has 2 aromatic carbocycles. The minimum absolute atomic E-state index is 0.112. The van der Waals surface area contributed by atoms with Gasteiger partial charge in [-0.25, -0.2) is 4.98 Å². The van der Waals surface area contributed by atoms with E-state index in [-0.39, 0.29) is 18.8 Å². The van der Waals surface area contributed by atoms with Gasteiger partial charge in [0.05, 0.1) is 24.8 Å². The first kappa shape index (κ1) is 23.9. The van der Waals surface area contributed by atoms with Crippen molar-refractivity contribution in [2.75, 3.05) is 11.9 Å². The van der Waals surface area contributed by atoms with E-state index in [2.05, 4.69) is 5.32 Å². The summed E-state index contributed by atoms with van der Waals surface area (Å²) in [5.74, 6) is 0.227. The van der Waals surface area contributed by atoms with Crippen LogP contribution in [0.4, 0.5) is 5.95 Å². The number of aryl methyl sites for hydroxylation is 2. The van der Waals surface area contributed by atoms with E-state index in [1.165, 1.54) is 17.4 Å². The lowest BCUT2D eigenvalue weighted by molar-refractivity contribution is -0.117. The van der Waals surface area contributed by atoms with Crippen LogP contribution in [0.5, 0.6) is 0 Å². The third-order valence-corrected chi connectivity index (χ3v) is 5.90. The number of hydrogen-bond acceptors (Lipinski definition) is 5. The second kappa shape index (κ2) is 10.4. The van der Waals surface area contributed by atoms with Crippen LogP contribution in [0.3, 0.4) is 0 Å². The summed E-state index contributed by atoms with van der Waals surface area (Å²) in [6.07, 6.45) is 4.83. The molecule has 0 aliphatic heterocycles. The van der Waals surface area contributed by atoms with Crippen LogP contribution in [0.15, 0.2) is 100 Å². The molecule has 0 fully saturated rings. The van der Waals surface area contributed by atoms with Crippen LogP contribution in [-0.2, 0) is 11.3 Å². The van der Waals surface area contributed by atoms with Gasteiger partial charge in [0.25, 0.3) is 5.91 Å². The summed E-state index contributed by atoms with van der Waals surface area (Å²) in [5.41, 5.74) is 4.77. The van der Waals surface area contributed by atoms with Gasteiger partial charge in [0.2, 0.25) is 11.9 Å². The maximum atomic E-state index is 13.2. The van der Waals surface area contributed by atoms with Gasteiger partial charge in [0, 0.05) is 17.4 Å². The maximum absolute atomic E-state index is 13.2. The van der Waals surface area contributed by atoms with Crippen LogP contribution >= 0.6 is 0 Å². The predicted molar refractivity (Wildman–Crippen MR) is 139 cm³/mol. The highest BCUT2D eigenvalue weighted by Crippen LogP contribution is 2.25.